The van der Waals surface area contributed by atoms with E-state index in [-0.39, 0.29) is 6.10 Å². The lowest BCUT2D eigenvalue weighted by atomic mass is 9.98. The van der Waals surface area contributed by atoms with Crippen LogP contribution in [0.5, 0.6) is 0 Å². The summed E-state index contributed by atoms with van der Waals surface area (Å²) in [5, 5.41) is 10.3. The molecule has 0 aromatic heterocycles. The first-order valence-corrected chi connectivity index (χ1v) is 7.56. The summed E-state index contributed by atoms with van der Waals surface area (Å²) in [5.41, 5.74) is 2.39. The highest BCUT2D eigenvalue weighted by molar-refractivity contribution is 5.25. The number of rotatable bonds is 8. The van der Waals surface area contributed by atoms with Crippen molar-refractivity contribution in [3.05, 3.63) is 35.4 Å². The molecule has 2 heteroatoms. The first-order chi connectivity index (χ1) is 9.06. The molecule has 0 heterocycles. The lowest BCUT2D eigenvalue weighted by Crippen LogP contribution is -2.25. The molecule has 0 radical (unpaired) electrons. The van der Waals surface area contributed by atoms with Crippen LogP contribution in [0.3, 0.4) is 0 Å². The van der Waals surface area contributed by atoms with Crippen molar-refractivity contribution in [1.29, 1.82) is 0 Å². The van der Waals surface area contributed by atoms with Gasteiger partial charge in [0.05, 0.1) is 6.10 Å². The lowest BCUT2D eigenvalue weighted by molar-refractivity contribution is 0.145. The molecule has 1 unspecified atom stereocenters. The minimum atomic E-state index is -0.340. The molecule has 19 heavy (non-hydrogen) atoms. The predicted octanol–water partition coefficient (Wildman–Crippen LogP) is 3.65. The molecule has 2 nitrogen and oxygen atoms in total. The van der Waals surface area contributed by atoms with Gasteiger partial charge in [0, 0.05) is 6.54 Å². The normalized spacial score (nSPS) is 13.2. The summed E-state index contributed by atoms with van der Waals surface area (Å²) in [6.45, 7) is 11.8. The molecule has 0 saturated heterocycles. The second kappa shape index (κ2) is 8.34. The van der Waals surface area contributed by atoms with Crippen molar-refractivity contribution in [2.45, 2.75) is 46.6 Å². The van der Waals surface area contributed by atoms with Crippen molar-refractivity contribution >= 4 is 0 Å². The zero-order chi connectivity index (χ0) is 14.3. The molecular weight excluding hydrogens is 234 g/mol. The summed E-state index contributed by atoms with van der Waals surface area (Å²) in [5.74, 6) is 0.656. The summed E-state index contributed by atoms with van der Waals surface area (Å²) in [6.07, 6.45) is 1.55. The molecule has 1 aromatic rings. The maximum atomic E-state index is 10.3. The molecule has 0 amide bonds. The fraction of sp³-hybridized carbons (Fsp3) is 0.647. The van der Waals surface area contributed by atoms with E-state index in [1.165, 1.54) is 5.56 Å². The molecular formula is C17H29NO. The first kappa shape index (κ1) is 16.2. The van der Waals surface area contributed by atoms with Crippen molar-refractivity contribution in [2.24, 2.45) is 5.92 Å². The third kappa shape index (κ3) is 5.75. The maximum absolute atomic E-state index is 10.3. The Kier molecular flexibility index (Phi) is 7.11. The zero-order valence-corrected chi connectivity index (χ0v) is 12.9. The first-order valence-electron chi connectivity index (χ1n) is 7.56. The third-order valence-corrected chi connectivity index (χ3v) is 3.59. The van der Waals surface area contributed by atoms with E-state index in [2.05, 4.69) is 50.8 Å². The molecule has 0 aliphatic rings. The van der Waals surface area contributed by atoms with Crippen LogP contribution in [0, 0.1) is 5.92 Å². The number of hydrogen-bond acceptors (Lipinski definition) is 2. The van der Waals surface area contributed by atoms with E-state index in [1.807, 2.05) is 6.07 Å². The van der Waals surface area contributed by atoms with Crippen LogP contribution in [0.2, 0.25) is 0 Å². The summed E-state index contributed by atoms with van der Waals surface area (Å²) < 4.78 is 0. The van der Waals surface area contributed by atoms with Gasteiger partial charge in [0.15, 0.2) is 0 Å². The molecule has 1 atom stereocenters. The molecule has 1 rings (SSSR count). The number of aliphatic hydroxyl groups is 1. The van der Waals surface area contributed by atoms with Gasteiger partial charge in [0.1, 0.15) is 0 Å². The molecule has 0 saturated carbocycles. The number of hydrogen-bond donors (Lipinski definition) is 1. The van der Waals surface area contributed by atoms with Crippen LogP contribution in [-0.2, 0) is 6.42 Å². The standard InChI is InChI=1S/C17H29NO/c1-5-18(6-2)11-10-17(19)16-9-7-8-15(13-16)12-14(3)4/h7-9,13-14,17,19H,5-6,10-12H2,1-4H3. The van der Waals surface area contributed by atoms with Crippen LogP contribution in [-0.4, -0.2) is 29.6 Å². The van der Waals surface area contributed by atoms with Gasteiger partial charge in [-0.3, -0.25) is 0 Å². The van der Waals surface area contributed by atoms with Crippen LogP contribution in [0.4, 0.5) is 0 Å². The smallest absolute Gasteiger partial charge is 0.0802 e. The number of nitrogens with zero attached hydrogens (tertiary/aromatic N) is 1. The summed E-state index contributed by atoms with van der Waals surface area (Å²) >= 11 is 0. The van der Waals surface area contributed by atoms with Crippen LogP contribution in [0.1, 0.15) is 51.3 Å². The summed E-state index contributed by atoms with van der Waals surface area (Å²) in [6, 6.07) is 8.41. The van der Waals surface area contributed by atoms with Crippen LogP contribution in [0.15, 0.2) is 24.3 Å². The molecule has 1 N–H and O–H groups in total. The number of benzene rings is 1. The van der Waals surface area contributed by atoms with E-state index in [1.54, 1.807) is 0 Å². The average Bonchev–Trinajstić information content (AvgIpc) is 2.39. The number of aliphatic hydroxyl groups excluding tert-OH is 1. The fourth-order valence-corrected chi connectivity index (χ4v) is 2.41. The quantitative estimate of drug-likeness (QED) is 0.774. The topological polar surface area (TPSA) is 23.5 Å². The molecule has 108 valence electrons. The van der Waals surface area contributed by atoms with Gasteiger partial charge in [-0.05, 0) is 43.0 Å². The highest BCUT2D eigenvalue weighted by Gasteiger charge is 2.10. The van der Waals surface area contributed by atoms with E-state index in [0.29, 0.717) is 5.92 Å². The van der Waals surface area contributed by atoms with Gasteiger partial charge in [-0.25, -0.2) is 0 Å². The van der Waals surface area contributed by atoms with Crippen molar-refractivity contribution in [1.82, 2.24) is 4.90 Å². The molecule has 0 aliphatic carbocycles. The van der Waals surface area contributed by atoms with Crippen LogP contribution < -0.4 is 0 Å². The maximum Gasteiger partial charge on any atom is 0.0802 e. The second-order valence-electron chi connectivity index (χ2n) is 5.67. The Hall–Kier alpha value is -0.860. The van der Waals surface area contributed by atoms with Gasteiger partial charge >= 0.3 is 0 Å². The minimum absolute atomic E-state index is 0.340. The van der Waals surface area contributed by atoms with Gasteiger partial charge in [0.2, 0.25) is 0 Å². The average molecular weight is 263 g/mol. The van der Waals surface area contributed by atoms with Crippen LogP contribution in [0.25, 0.3) is 0 Å². The molecule has 0 fully saturated rings. The van der Waals surface area contributed by atoms with Crippen LogP contribution >= 0.6 is 0 Å². The predicted molar refractivity (Wildman–Crippen MR) is 82.3 cm³/mol. The monoisotopic (exact) mass is 263 g/mol. The van der Waals surface area contributed by atoms with E-state index < -0.39 is 0 Å². The largest absolute Gasteiger partial charge is 0.388 e. The second-order valence-corrected chi connectivity index (χ2v) is 5.67. The van der Waals surface area contributed by atoms with E-state index in [9.17, 15) is 5.11 Å². The van der Waals surface area contributed by atoms with Crippen molar-refractivity contribution in [3.63, 3.8) is 0 Å². The summed E-state index contributed by atoms with van der Waals surface area (Å²) in [4.78, 5) is 2.35. The Morgan fingerprint density at radius 3 is 2.42 bits per heavy atom. The van der Waals surface area contributed by atoms with Crippen molar-refractivity contribution < 1.29 is 5.11 Å². The van der Waals surface area contributed by atoms with Gasteiger partial charge < -0.3 is 10.0 Å². The minimum Gasteiger partial charge on any atom is -0.388 e. The molecule has 0 bridgehead atoms. The highest BCUT2D eigenvalue weighted by atomic mass is 16.3. The van der Waals surface area contributed by atoms with Crippen molar-refractivity contribution in [3.8, 4) is 0 Å². The molecule has 1 aromatic carbocycles. The van der Waals surface area contributed by atoms with E-state index in [0.717, 1.165) is 38.0 Å². The Bertz CT molecular complexity index is 358. The van der Waals surface area contributed by atoms with E-state index in [4.69, 9.17) is 0 Å². The Morgan fingerprint density at radius 1 is 1.16 bits per heavy atom. The van der Waals surface area contributed by atoms with Gasteiger partial charge in [-0.2, -0.15) is 0 Å². The Balaban J connectivity index is 2.58. The fourth-order valence-electron chi connectivity index (χ4n) is 2.41. The van der Waals surface area contributed by atoms with Gasteiger partial charge in [-0.1, -0.05) is 52.0 Å². The van der Waals surface area contributed by atoms with Gasteiger partial charge in [0.25, 0.3) is 0 Å². The summed E-state index contributed by atoms with van der Waals surface area (Å²) in [7, 11) is 0. The molecule has 0 spiro atoms. The SMILES string of the molecule is CCN(CC)CCC(O)c1cccc(CC(C)C)c1. The molecule has 0 aliphatic heterocycles. The van der Waals surface area contributed by atoms with Crippen molar-refractivity contribution in [2.75, 3.05) is 19.6 Å². The Labute approximate surface area is 118 Å². The van der Waals surface area contributed by atoms with E-state index >= 15 is 0 Å². The zero-order valence-electron chi connectivity index (χ0n) is 12.9. The third-order valence-electron chi connectivity index (χ3n) is 3.59. The lowest BCUT2D eigenvalue weighted by Gasteiger charge is -2.20. The van der Waals surface area contributed by atoms with Gasteiger partial charge in [-0.15, -0.1) is 0 Å². The Morgan fingerprint density at radius 2 is 1.84 bits per heavy atom. The highest BCUT2D eigenvalue weighted by Crippen LogP contribution is 2.19.